The van der Waals surface area contributed by atoms with Crippen molar-refractivity contribution < 1.29 is 17.9 Å². The Labute approximate surface area is 163 Å². The van der Waals surface area contributed by atoms with Crippen molar-refractivity contribution in [2.24, 2.45) is 0 Å². The molecule has 3 rings (SSSR count). The number of hydrogen-bond donors (Lipinski definition) is 2. The second-order valence-electron chi connectivity index (χ2n) is 6.30. The second-order valence-corrected chi connectivity index (χ2v) is 8.48. The van der Waals surface area contributed by atoms with Crippen LogP contribution in [0.5, 0.6) is 5.75 Å². The maximum Gasteiger partial charge on any atom is 0.251 e. The van der Waals surface area contributed by atoms with Gasteiger partial charge in [0, 0.05) is 10.6 Å². The third kappa shape index (κ3) is 4.81. The van der Waals surface area contributed by atoms with Gasteiger partial charge in [-0.1, -0.05) is 29.8 Å². The van der Waals surface area contributed by atoms with E-state index in [1.807, 2.05) is 0 Å². The highest BCUT2D eigenvalue weighted by Gasteiger charge is 2.21. The Bertz CT molecular complexity index is 1020. The Morgan fingerprint density at radius 2 is 1.96 bits per heavy atom. The average Bonchev–Trinajstić information content (AvgIpc) is 2.60. The molecule has 0 saturated heterocycles. The first-order valence-corrected chi connectivity index (χ1v) is 10.5. The lowest BCUT2D eigenvalue weighted by molar-refractivity contribution is -0.118. The normalized spacial score (nSPS) is 14.4. The molecular weight excluding hydrogens is 388 g/mol. The van der Waals surface area contributed by atoms with Crippen LogP contribution in [0.1, 0.15) is 24.1 Å². The minimum absolute atomic E-state index is 0.149. The molecule has 8 heteroatoms. The van der Waals surface area contributed by atoms with Gasteiger partial charge in [-0.3, -0.25) is 9.52 Å². The molecule has 1 atom stereocenters. The number of ether oxygens (including phenoxy) is 1. The van der Waals surface area contributed by atoms with Crippen molar-refractivity contribution in [1.82, 2.24) is 5.32 Å². The highest BCUT2D eigenvalue weighted by Crippen LogP contribution is 2.29. The lowest BCUT2D eigenvalue weighted by Gasteiger charge is -2.21. The maximum absolute atomic E-state index is 12.6. The minimum Gasteiger partial charge on any atom is -0.488 e. The van der Waals surface area contributed by atoms with E-state index in [9.17, 15) is 13.2 Å². The first-order chi connectivity index (χ1) is 12.7. The van der Waals surface area contributed by atoms with Gasteiger partial charge in [-0.05, 0) is 42.8 Å². The standard InChI is InChI=1S/C19H19ClN2O4S/c1-12(16-5-3-4-6-17(16)22-27(2,24)25)21-19(23)14-9-13-10-15(20)7-8-18(13)26-11-14/h3-10,12,22H,11H2,1-2H3,(H,21,23). The summed E-state index contributed by atoms with van der Waals surface area (Å²) < 4.78 is 31.2. The van der Waals surface area contributed by atoms with Crippen molar-refractivity contribution in [2.75, 3.05) is 17.6 Å². The number of carbonyl (C=O) groups excluding carboxylic acids is 1. The summed E-state index contributed by atoms with van der Waals surface area (Å²) in [7, 11) is -3.43. The fourth-order valence-electron chi connectivity index (χ4n) is 2.81. The summed E-state index contributed by atoms with van der Waals surface area (Å²) in [6.45, 7) is 1.94. The summed E-state index contributed by atoms with van der Waals surface area (Å²) in [5.74, 6) is 0.383. The number of sulfonamides is 1. The predicted molar refractivity (Wildman–Crippen MR) is 106 cm³/mol. The lowest BCUT2D eigenvalue weighted by Crippen LogP contribution is -2.31. The van der Waals surface area contributed by atoms with Crippen LogP contribution in [0, 0.1) is 0 Å². The molecule has 1 heterocycles. The van der Waals surface area contributed by atoms with E-state index in [2.05, 4.69) is 10.0 Å². The topological polar surface area (TPSA) is 84.5 Å². The lowest BCUT2D eigenvalue weighted by atomic mass is 10.0. The van der Waals surface area contributed by atoms with Crippen molar-refractivity contribution in [3.8, 4) is 5.75 Å². The van der Waals surface area contributed by atoms with Crippen LogP contribution in [0.25, 0.3) is 6.08 Å². The van der Waals surface area contributed by atoms with Gasteiger partial charge in [0.05, 0.1) is 23.6 Å². The molecule has 1 aliphatic heterocycles. The Morgan fingerprint density at radius 1 is 1.22 bits per heavy atom. The minimum atomic E-state index is -3.43. The zero-order valence-corrected chi connectivity index (χ0v) is 16.4. The SMILES string of the molecule is CC(NC(=O)C1=Cc2cc(Cl)ccc2OC1)c1ccccc1NS(C)(=O)=O. The van der Waals surface area contributed by atoms with E-state index in [0.29, 0.717) is 27.6 Å². The van der Waals surface area contributed by atoms with E-state index in [-0.39, 0.29) is 12.5 Å². The molecule has 27 heavy (non-hydrogen) atoms. The molecule has 0 aliphatic carbocycles. The fraction of sp³-hybridized carbons (Fsp3) is 0.211. The zero-order valence-electron chi connectivity index (χ0n) is 14.8. The van der Waals surface area contributed by atoms with Crippen LogP contribution in [0.2, 0.25) is 5.02 Å². The quantitative estimate of drug-likeness (QED) is 0.797. The van der Waals surface area contributed by atoms with Gasteiger partial charge >= 0.3 is 0 Å². The number of anilines is 1. The summed E-state index contributed by atoms with van der Waals surface area (Å²) >= 11 is 6.00. The number of hydrogen-bond acceptors (Lipinski definition) is 4. The van der Waals surface area contributed by atoms with E-state index >= 15 is 0 Å². The van der Waals surface area contributed by atoms with Crippen LogP contribution in [0.4, 0.5) is 5.69 Å². The smallest absolute Gasteiger partial charge is 0.251 e. The van der Waals surface area contributed by atoms with Gasteiger partial charge in [-0.2, -0.15) is 0 Å². The molecule has 0 radical (unpaired) electrons. The molecule has 2 aromatic carbocycles. The van der Waals surface area contributed by atoms with Crippen molar-refractivity contribution >= 4 is 39.3 Å². The van der Waals surface area contributed by atoms with Gasteiger partial charge < -0.3 is 10.1 Å². The zero-order chi connectivity index (χ0) is 19.6. The van der Waals surface area contributed by atoms with E-state index in [1.165, 1.54) is 0 Å². The Balaban J connectivity index is 1.79. The van der Waals surface area contributed by atoms with Crippen LogP contribution in [-0.4, -0.2) is 27.2 Å². The van der Waals surface area contributed by atoms with E-state index in [1.54, 1.807) is 55.5 Å². The third-order valence-electron chi connectivity index (χ3n) is 4.05. The fourth-order valence-corrected chi connectivity index (χ4v) is 3.58. The summed E-state index contributed by atoms with van der Waals surface area (Å²) in [6, 6.07) is 11.7. The monoisotopic (exact) mass is 406 g/mol. The highest BCUT2D eigenvalue weighted by molar-refractivity contribution is 7.92. The number of carbonyl (C=O) groups is 1. The molecule has 2 N–H and O–H groups in total. The Kier molecular flexibility index (Phi) is 5.43. The van der Waals surface area contributed by atoms with Crippen LogP contribution in [-0.2, 0) is 14.8 Å². The molecular formula is C19H19ClN2O4S. The predicted octanol–water partition coefficient (Wildman–Crippen LogP) is 3.36. The number of nitrogens with one attached hydrogen (secondary N) is 2. The third-order valence-corrected chi connectivity index (χ3v) is 4.87. The van der Waals surface area contributed by atoms with Gasteiger partial charge in [0.1, 0.15) is 12.4 Å². The molecule has 6 nitrogen and oxygen atoms in total. The largest absolute Gasteiger partial charge is 0.488 e. The van der Waals surface area contributed by atoms with Crippen LogP contribution in [0.3, 0.4) is 0 Å². The Morgan fingerprint density at radius 3 is 2.70 bits per heavy atom. The maximum atomic E-state index is 12.6. The van der Waals surface area contributed by atoms with Crippen LogP contribution >= 0.6 is 11.6 Å². The molecule has 1 amide bonds. The van der Waals surface area contributed by atoms with Gasteiger partial charge in [0.2, 0.25) is 10.0 Å². The number of halogens is 1. The number of para-hydroxylation sites is 1. The second kappa shape index (κ2) is 7.62. The number of amides is 1. The van der Waals surface area contributed by atoms with Gasteiger partial charge in [0.15, 0.2) is 0 Å². The van der Waals surface area contributed by atoms with Crippen LogP contribution < -0.4 is 14.8 Å². The molecule has 0 saturated carbocycles. The van der Waals surface area contributed by atoms with Crippen molar-refractivity contribution in [3.63, 3.8) is 0 Å². The van der Waals surface area contributed by atoms with Crippen LogP contribution in [0.15, 0.2) is 48.0 Å². The van der Waals surface area contributed by atoms with Crippen molar-refractivity contribution in [1.29, 1.82) is 0 Å². The van der Waals surface area contributed by atoms with E-state index in [4.69, 9.17) is 16.3 Å². The molecule has 0 spiro atoms. The molecule has 0 aromatic heterocycles. The number of benzene rings is 2. The highest BCUT2D eigenvalue weighted by atomic mass is 35.5. The summed E-state index contributed by atoms with van der Waals surface area (Å²) in [5, 5.41) is 3.44. The van der Waals surface area contributed by atoms with Gasteiger partial charge in [-0.15, -0.1) is 0 Å². The number of rotatable bonds is 5. The van der Waals surface area contributed by atoms with E-state index in [0.717, 1.165) is 11.8 Å². The molecule has 1 unspecified atom stereocenters. The molecule has 0 bridgehead atoms. The van der Waals surface area contributed by atoms with E-state index < -0.39 is 16.1 Å². The Hall–Kier alpha value is -2.51. The molecule has 2 aromatic rings. The number of fused-ring (bicyclic) bond motifs is 1. The summed E-state index contributed by atoms with van der Waals surface area (Å²) in [6.07, 6.45) is 2.83. The first kappa shape index (κ1) is 19.3. The molecule has 142 valence electrons. The van der Waals surface area contributed by atoms with Crippen molar-refractivity contribution in [3.05, 3.63) is 64.2 Å². The first-order valence-electron chi connectivity index (χ1n) is 8.23. The van der Waals surface area contributed by atoms with Gasteiger partial charge in [0.25, 0.3) is 5.91 Å². The summed E-state index contributed by atoms with van der Waals surface area (Å²) in [5.41, 5.74) is 2.30. The summed E-state index contributed by atoms with van der Waals surface area (Å²) in [4.78, 5) is 12.6. The average molecular weight is 407 g/mol. The molecule has 0 fully saturated rings. The van der Waals surface area contributed by atoms with Gasteiger partial charge in [-0.25, -0.2) is 8.42 Å². The van der Waals surface area contributed by atoms with Crippen molar-refractivity contribution in [2.45, 2.75) is 13.0 Å². The molecule has 1 aliphatic rings.